The van der Waals surface area contributed by atoms with Gasteiger partial charge in [0, 0.05) is 18.0 Å². The van der Waals surface area contributed by atoms with E-state index in [9.17, 15) is 4.79 Å². The number of carbonyl (C=O) groups is 1. The summed E-state index contributed by atoms with van der Waals surface area (Å²) >= 11 is 0. The molecule has 0 radical (unpaired) electrons. The predicted octanol–water partition coefficient (Wildman–Crippen LogP) is 3.29. The highest BCUT2D eigenvalue weighted by Crippen LogP contribution is 2.19. The van der Waals surface area contributed by atoms with Gasteiger partial charge in [-0.15, -0.1) is 0 Å². The lowest BCUT2D eigenvalue weighted by Gasteiger charge is -2.08. The molecule has 0 unspecified atom stereocenters. The van der Waals surface area contributed by atoms with Crippen LogP contribution in [0.5, 0.6) is 5.75 Å². The zero-order valence-corrected chi connectivity index (χ0v) is 12.5. The summed E-state index contributed by atoms with van der Waals surface area (Å²) in [6.07, 6.45) is 1.83. The van der Waals surface area contributed by atoms with Crippen molar-refractivity contribution in [1.29, 1.82) is 0 Å². The average molecular weight is 295 g/mol. The van der Waals surface area contributed by atoms with Gasteiger partial charge in [0.05, 0.1) is 12.3 Å². The summed E-state index contributed by atoms with van der Waals surface area (Å²) in [6.45, 7) is 4.34. The van der Waals surface area contributed by atoms with Crippen molar-refractivity contribution in [3.8, 4) is 5.75 Å². The molecule has 1 amide bonds. The first-order valence-electron chi connectivity index (χ1n) is 7.17. The van der Waals surface area contributed by atoms with Gasteiger partial charge in [-0.3, -0.25) is 9.20 Å². The molecule has 0 fully saturated rings. The van der Waals surface area contributed by atoms with Crippen LogP contribution in [0, 0.1) is 6.92 Å². The van der Waals surface area contributed by atoms with Crippen LogP contribution in [0.15, 0.2) is 48.7 Å². The number of pyridine rings is 1. The maximum absolute atomic E-state index is 12.6. The highest BCUT2D eigenvalue weighted by molar-refractivity contribution is 6.04. The van der Waals surface area contributed by atoms with Crippen LogP contribution in [0.4, 0.5) is 5.69 Å². The summed E-state index contributed by atoms with van der Waals surface area (Å²) < 4.78 is 7.23. The van der Waals surface area contributed by atoms with E-state index < -0.39 is 0 Å². The number of benzene rings is 1. The molecular formula is C17H17N3O2. The average Bonchev–Trinajstić information content (AvgIpc) is 2.83. The van der Waals surface area contributed by atoms with Gasteiger partial charge < -0.3 is 10.1 Å². The first-order valence-corrected chi connectivity index (χ1v) is 7.17. The quantitative estimate of drug-likeness (QED) is 0.803. The third-order valence-corrected chi connectivity index (χ3v) is 3.32. The third kappa shape index (κ3) is 2.65. The molecule has 112 valence electrons. The lowest BCUT2D eigenvalue weighted by Crippen LogP contribution is -2.15. The number of hydrogen-bond donors (Lipinski definition) is 1. The van der Waals surface area contributed by atoms with E-state index in [0.29, 0.717) is 23.7 Å². The Bertz CT molecular complexity index is 824. The molecule has 2 heterocycles. The lowest BCUT2D eigenvalue weighted by molar-refractivity contribution is 0.102. The summed E-state index contributed by atoms with van der Waals surface area (Å²) in [6, 6.07) is 13.0. The van der Waals surface area contributed by atoms with Gasteiger partial charge in [0.1, 0.15) is 17.1 Å². The Morgan fingerprint density at radius 1 is 1.27 bits per heavy atom. The summed E-state index contributed by atoms with van der Waals surface area (Å²) in [5.41, 5.74) is 2.69. The monoisotopic (exact) mass is 295 g/mol. The maximum atomic E-state index is 12.6. The Balaban J connectivity index is 1.90. The normalized spacial score (nSPS) is 10.6. The Labute approximate surface area is 128 Å². The number of hydrogen-bond acceptors (Lipinski definition) is 3. The molecule has 5 heteroatoms. The first-order chi connectivity index (χ1) is 10.7. The van der Waals surface area contributed by atoms with Crippen LogP contribution in [-0.2, 0) is 0 Å². The summed E-state index contributed by atoms with van der Waals surface area (Å²) in [5.74, 6) is 0.542. The van der Waals surface area contributed by atoms with Gasteiger partial charge in [-0.2, -0.15) is 0 Å². The third-order valence-electron chi connectivity index (χ3n) is 3.32. The molecule has 1 N–H and O–H groups in total. The van der Waals surface area contributed by atoms with Crippen molar-refractivity contribution < 1.29 is 9.53 Å². The van der Waals surface area contributed by atoms with Crippen LogP contribution in [-0.4, -0.2) is 21.9 Å². The molecule has 0 aliphatic rings. The number of aromatic nitrogens is 2. The van der Waals surface area contributed by atoms with Crippen molar-refractivity contribution in [3.05, 3.63) is 60.0 Å². The van der Waals surface area contributed by atoms with Crippen molar-refractivity contribution in [1.82, 2.24) is 9.38 Å². The van der Waals surface area contributed by atoms with Gasteiger partial charge in [-0.1, -0.05) is 12.1 Å². The molecule has 0 saturated heterocycles. The molecule has 3 aromatic rings. The minimum Gasteiger partial charge on any atom is -0.494 e. The highest BCUT2D eigenvalue weighted by atomic mass is 16.5. The van der Waals surface area contributed by atoms with Gasteiger partial charge in [-0.05, 0) is 38.1 Å². The van der Waals surface area contributed by atoms with Crippen molar-refractivity contribution in [2.45, 2.75) is 13.8 Å². The maximum Gasteiger partial charge on any atom is 0.274 e. The fraction of sp³-hybridized carbons (Fsp3) is 0.176. The molecule has 0 aliphatic heterocycles. The van der Waals surface area contributed by atoms with E-state index in [1.165, 1.54) is 0 Å². The van der Waals surface area contributed by atoms with E-state index in [0.717, 1.165) is 11.4 Å². The van der Waals surface area contributed by atoms with Crippen LogP contribution in [0.2, 0.25) is 0 Å². The molecule has 5 nitrogen and oxygen atoms in total. The second-order valence-electron chi connectivity index (χ2n) is 4.89. The van der Waals surface area contributed by atoms with Crippen LogP contribution < -0.4 is 10.1 Å². The number of fused-ring (bicyclic) bond motifs is 1. The molecule has 0 saturated carbocycles. The summed E-state index contributed by atoms with van der Waals surface area (Å²) in [7, 11) is 0. The zero-order valence-electron chi connectivity index (χ0n) is 12.5. The lowest BCUT2D eigenvalue weighted by atomic mass is 10.2. The number of rotatable bonds is 4. The minimum atomic E-state index is -0.190. The fourth-order valence-electron chi connectivity index (χ4n) is 2.41. The van der Waals surface area contributed by atoms with Crippen LogP contribution in [0.1, 0.15) is 23.1 Å². The van der Waals surface area contributed by atoms with Gasteiger partial charge in [0.25, 0.3) is 5.91 Å². The van der Waals surface area contributed by atoms with Gasteiger partial charge in [0.15, 0.2) is 0 Å². The fourth-order valence-corrected chi connectivity index (χ4v) is 2.41. The molecule has 2 aromatic heterocycles. The van der Waals surface area contributed by atoms with E-state index >= 15 is 0 Å². The zero-order chi connectivity index (χ0) is 15.5. The number of imidazole rings is 1. The molecule has 3 rings (SSSR count). The number of ether oxygens (including phenoxy) is 1. The number of anilines is 1. The largest absolute Gasteiger partial charge is 0.494 e. The van der Waals surface area contributed by atoms with Gasteiger partial charge >= 0.3 is 0 Å². The van der Waals surface area contributed by atoms with E-state index in [1.807, 2.05) is 56.4 Å². The van der Waals surface area contributed by atoms with Crippen molar-refractivity contribution in [3.63, 3.8) is 0 Å². The second-order valence-corrected chi connectivity index (χ2v) is 4.89. The van der Waals surface area contributed by atoms with Crippen LogP contribution in [0.25, 0.3) is 5.65 Å². The predicted molar refractivity (Wildman–Crippen MR) is 85.5 cm³/mol. The molecule has 0 bridgehead atoms. The van der Waals surface area contributed by atoms with Crippen molar-refractivity contribution in [2.75, 3.05) is 11.9 Å². The molecular weight excluding hydrogens is 278 g/mol. The van der Waals surface area contributed by atoms with E-state index in [-0.39, 0.29) is 5.91 Å². The smallest absolute Gasteiger partial charge is 0.274 e. The molecule has 0 spiro atoms. The standard InChI is InChI=1S/C17H17N3O2/c1-3-22-14-8-6-7-13(11-14)19-17(21)16-12(2)18-15-9-4-5-10-20(15)16/h4-11H,3H2,1-2H3,(H,19,21). The molecule has 0 aliphatic carbocycles. The van der Waals surface area contributed by atoms with Crippen molar-refractivity contribution in [2.24, 2.45) is 0 Å². The number of amides is 1. The molecule has 22 heavy (non-hydrogen) atoms. The highest BCUT2D eigenvalue weighted by Gasteiger charge is 2.16. The summed E-state index contributed by atoms with van der Waals surface area (Å²) in [4.78, 5) is 17.0. The second kappa shape index (κ2) is 5.89. The van der Waals surface area contributed by atoms with Gasteiger partial charge in [-0.25, -0.2) is 4.98 Å². The SMILES string of the molecule is CCOc1cccc(NC(=O)c2c(C)nc3ccccn23)c1. The van der Waals surface area contributed by atoms with Crippen LogP contribution >= 0.6 is 0 Å². The number of carbonyl (C=O) groups excluding carboxylic acids is 1. The molecule has 1 aromatic carbocycles. The topological polar surface area (TPSA) is 55.6 Å². The number of nitrogens with zero attached hydrogens (tertiary/aromatic N) is 2. The Hall–Kier alpha value is -2.82. The Kier molecular flexibility index (Phi) is 3.78. The van der Waals surface area contributed by atoms with Crippen LogP contribution in [0.3, 0.4) is 0 Å². The number of nitrogens with one attached hydrogen (secondary N) is 1. The van der Waals surface area contributed by atoms with Gasteiger partial charge in [0.2, 0.25) is 0 Å². The first kappa shape index (κ1) is 14.1. The summed E-state index contributed by atoms with van der Waals surface area (Å²) in [5, 5.41) is 2.90. The van der Waals surface area contributed by atoms with E-state index in [1.54, 1.807) is 10.5 Å². The molecule has 0 atom stereocenters. The Morgan fingerprint density at radius 2 is 2.14 bits per heavy atom. The van der Waals surface area contributed by atoms with Crippen molar-refractivity contribution >= 4 is 17.2 Å². The number of aryl methyl sites for hydroxylation is 1. The van der Waals surface area contributed by atoms with E-state index in [2.05, 4.69) is 10.3 Å². The minimum absolute atomic E-state index is 0.190. The van der Waals surface area contributed by atoms with E-state index in [4.69, 9.17) is 4.74 Å². The Morgan fingerprint density at radius 3 is 2.95 bits per heavy atom.